The predicted molar refractivity (Wildman–Crippen MR) is 169 cm³/mol. The number of carbonyl (C=O) groups is 2. The van der Waals surface area contributed by atoms with E-state index in [1.54, 1.807) is 48.5 Å². The summed E-state index contributed by atoms with van der Waals surface area (Å²) >= 11 is 12.8. The van der Waals surface area contributed by atoms with E-state index in [2.05, 4.69) is 84.8 Å². The molecule has 0 spiro atoms. The summed E-state index contributed by atoms with van der Waals surface area (Å²) in [6, 6.07) is 18.6. The van der Waals surface area contributed by atoms with Crippen molar-refractivity contribution in [2.45, 2.75) is 0 Å². The van der Waals surface area contributed by atoms with Gasteiger partial charge in [-0.3, -0.25) is 9.59 Å². The van der Waals surface area contributed by atoms with Crippen LogP contribution in [0, 0.1) is 0 Å². The van der Waals surface area contributed by atoms with Gasteiger partial charge < -0.3 is 20.4 Å². The summed E-state index contributed by atoms with van der Waals surface area (Å²) < 4.78 is 2.21. The Kier molecular flexibility index (Phi) is 14.4. The van der Waals surface area contributed by atoms with Crippen molar-refractivity contribution >= 4 is 88.0 Å². The number of nitrogens with one attached hydrogen (secondary N) is 2. The van der Waals surface area contributed by atoms with E-state index < -0.39 is 11.8 Å². The number of hydrogen-bond acceptors (Lipinski definition) is 8. The Morgan fingerprint density at radius 1 is 0.651 bits per heavy atom. The van der Waals surface area contributed by atoms with E-state index in [1.165, 1.54) is 36.7 Å². The molecule has 4 aromatic carbocycles. The average Bonchev–Trinajstić information content (AvgIpc) is 2.94. The SMILES string of the molecule is O=C(N/N=C/c1cc(Br)cc(Br)c1[O-])c1ccccc1O.O=C(N/N=C\c1cc(Br)cc(Br)c1[O-])c1ccccc1O.[Co+2]. The zero-order chi connectivity index (χ0) is 30.8. The number of carbonyl (C=O) groups excluding carboxylic acids is 2. The number of nitrogens with zero attached hydrogens (tertiary/aromatic N) is 2. The number of amides is 2. The number of phenolic OH excluding ortho intramolecular Hbond substituents is 2. The number of phenols is 2. The van der Waals surface area contributed by atoms with Crippen LogP contribution in [-0.2, 0) is 16.8 Å². The van der Waals surface area contributed by atoms with Gasteiger partial charge in [-0.15, -0.1) is 0 Å². The van der Waals surface area contributed by atoms with Crippen LogP contribution in [0.4, 0.5) is 0 Å². The largest absolute Gasteiger partial charge is 2.00 e. The molecule has 0 unspecified atom stereocenters. The molecule has 4 aromatic rings. The van der Waals surface area contributed by atoms with Gasteiger partial charge in [0.15, 0.2) is 0 Å². The Morgan fingerprint density at radius 3 is 1.35 bits per heavy atom. The second-order valence-corrected chi connectivity index (χ2v) is 11.6. The van der Waals surface area contributed by atoms with Crippen molar-refractivity contribution < 1.29 is 46.8 Å². The summed E-state index contributed by atoms with van der Waals surface area (Å²) in [6.07, 6.45) is 2.49. The number of para-hydroxylation sites is 2. The number of benzene rings is 4. The molecular weight excluding hydrogens is 867 g/mol. The van der Waals surface area contributed by atoms with Crippen LogP contribution in [0.1, 0.15) is 31.8 Å². The van der Waals surface area contributed by atoms with E-state index in [4.69, 9.17) is 0 Å². The van der Waals surface area contributed by atoms with Crippen LogP contribution in [0.3, 0.4) is 0 Å². The molecule has 2 amide bonds. The number of hydrogen-bond donors (Lipinski definition) is 4. The molecule has 0 aliphatic carbocycles. The molecule has 0 aliphatic rings. The fourth-order valence-electron chi connectivity index (χ4n) is 3.12. The van der Waals surface area contributed by atoms with E-state index in [-0.39, 0.29) is 50.9 Å². The molecule has 0 bridgehead atoms. The van der Waals surface area contributed by atoms with Crippen molar-refractivity contribution in [3.63, 3.8) is 0 Å². The van der Waals surface area contributed by atoms with Crippen LogP contribution in [0.25, 0.3) is 0 Å². The van der Waals surface area contributed by atoms with Crippen LogP contribution < -0.4 is 21.1 Å². The molecule has 0 aromatic heterocycles. The van der Waals surface area contributed by atoms with Crippen LogP contribution >= 0.6 is 63.7 Å². The predicted octanol–water partition coefficient (Wildman–Crippen LogP) is 5.51. The van der Waals surface area contributed by atoms with Gasteiger partial charge in [0.2, 0.25) is 0 Å². The molecule has 43 heavy (non-hydrogen) atoms. The Bertz CT molecular complexity index is 1560. The minimum Gasteiger partial charge on any atom is -0.871 e. The van der Waals surface area contributed by atoms with E-state index in [9.17, 15) is 30.0 Å². The maximum atomic E-state index is 11.8. The molecule has 223 valence electrons. The Balaban J connectivity index is 0.000000293. The zero-order valence-electron chi connectivity index (χ0n) is 21.3. The summed E-state index contributed by atoms with van der Waals surface area (Å²) in [5.74, 6) is -1.88. The minimum absolute atomic E-state index is 0. The normalized spacial score (nSPS) is 10.5. The Labute approximate surface area is 289 Å². The maximum absolute atomic E-state index is 11.8. The third kappa shape index (κ3) is 10.5. The molecule has 4 N–H and O–H groups in total. The van der Waals surface area contributed by atoms with Crippen molar-refractivity contribution in [3.05, 3.63) is 113 Å². The smallest absolute Gasteiger partial charge is 0.871 e. The van der Waals surface area contributed by atoms with E-state index in [0.29, 0.717) is 29.0 Å². The van der Waals surface area contributed by atoms with Crippen molar-refractivity contribution in [2.75, 3.05) is 0 Å². The summed E-state index contributed by atoms with van der Waals surface area (Å²) in [4.78, 5) is 23.6. The van der Waals surface area contributed by atoms with Crippen molar-refractivity contribution in [1.82, 2.24) is 10.9 Å². The van der Waals surface area contributed by atoms with Gasteiger partial charge >= 0.3 is 16.8 Å². The van der Waals surface area contributed by atoms with Gasteiger partial charge in [0.05, 0.1) is 23.6 Å². The van der Waals surface area contributed by atoms with Gasteiger partial charge in [0.25, 0.3) is 11.8 Å². The topological polar surface area (TPSA) is 169 Å². The van der Waals surface area contributed by atoms with Gasteiger partial charge in [-0.25, -0.2) is 10.9 Å². The average molecular weight is 885 g/mol. The Hall–Kier alpha value is -3.21. The van der Waals surface area contributed by atoms with Crippen LogP contribution in [0.5, 0.6) is 23.0 Å². The molecule has 0 saturated heterocycles. The second kappa shape index (κ2) is 17.2. The zero-order valence-corrected chi connectivity index (χ0v) is 28.7. The molecule has 0 saturated carbocycles. The van der Waals surface area contributed by atoms with Crippen LogP contribution in [0.2, 0.25) is 0 Å². The van der Waals surface area contributed by atoms with Crippen molar-refractivity contribution in [2.24, 2.45) is 10.2 Å². The van der Waals surface area contributed by atoms with E-state index in [0.717, 1.165) is 0 Å². The van der Waals surface area contributed by atoms with Gasteiger partial charge in [-0.2, -0.15) is 10.2 Å². The second-order valence-electron chi connectivity index (χ2n) is 8.04. The number of hydrazone groups is 2. The molecule has 10 nitrogen and oxygen atoms in total. The number of halogens is 4. The van der Waals surface area contributed by atoms with E-state index >= 15 is 0 Å². The third-order valence-electron chi connectivity index (χ3n) is 5.11. The quantitative estimate of drug-likeness (QED) is 0.147. The van der Waals surface area contributed by atoms with Crippen LogP contribution in [-0.4, -0.2) is 34.5 Å². The molecule has 0 atom stereocenters. The monoisotopic (exact) mass is 881 g/mol. The summed E-state index contributed by atoms with van der Waals surface area (Å²) in [5.41, 5.74) is 5.35. The maximum Gasteiger partial charge on any atom is 2.00 e. The molecule has 4 rings (SSSR count). The number of aromatic hydroxyl groups is 2. The first-order valence-electron chi connectivity index (χ1n) is 11.5. The Morgan fingerprint density at radius 2 is 1.00 bits per heavy atom. The van der Waals surface area contributed by atoms with Crippen molar-refractivity contribution in [3.8, 4) is 23.0 Å². The molecular formula is C28H18Br4CoN4O6. The van der Waals surface area contributed by atoms with Gasteiger partial charge in [0.1, 0.15) is 11.5 Å². The van der Waals surface area contributed by atoms with Crippen molar-refractivity contribution in [1.29, 1.82) is 0 Å². The molecule has 15 heteroatoms. The first kappa shape index (κ1) is 36.0. The minimum atomic E-state index is -0.564. The van der Waals surface area contributed by atoms with E-state index in [1.807, 2.05) is 0 Å². The first-order chi connectivity index (χ1) is 20.0. The molecule has 0 fully saturated rings. The molecule has 0 heterocycles. The molecule has 1 radical (unpaired) electrons. The van der Waals surface area contributed by atoms with Gasteiger partial charge in [-0.05, 0) is 59.7 Å². The third-order valence-corrected chi connectivity index (χ3v) is 7.20. The van der Waals surface area contributed by atoms with Crippen LogP contribution in [0.15, 0.2) is 101 Å². The van der Waals surface area contributed by atoms with Gasteiger partial charge in [-0.1, -0.05) is 99.5 Å². The summed E-state index contributed by atoms with van der Waals surface area (Å²) in [7, 11) is 0. The fraction of sp³-hybridized carbons (Fsp3) is 0. The molecule has 0 aliphatic heterocycles. The standard InChI is InChI=1S/2C14H10Br2N2O3.Co/c2*15-9-5-8(13(20)11(16)6-9)7-17-18-14(21)10-3-1-2-4-12(10)19;/h2*1-7,19-20H,(H,18,21);/q;;+2/p-2/b17-7+;17-7-;. The number of rotatable bonds is 6. The first-order valence-corrected chi connectivity index (χ1v) is 14.7. The summed E-state index contributed by atoms with van der Waals surface area (Å²) in [6.45, 7) is 0. The fourth-order valence-corrected chi connectivity index (χ4v) is 5.64. The summed E-state index contributed by atoms with van der Waals surface area (Å²) in [5, 5.41) is 50.1. The van der Waals surface area contributed by atoms with Gasteiger partial charge in [0, 0.05) is 17.9 Å².